The number of nitrogens with two attached hydrogens (primary N) is 1. The summed E-state index contributed by atoms with van der Waals surface area (Å²) in [4.78, 5) is 19.0. The van der Waals surface area contributed by atoms with Crippen LogP contribution in [0.5, 0.6) is 0 Å². The van der Waals surface area contributed by atoms with Gasteiger partial charge in [0.15, 0.2) is 0 Å². The Balaban J connectivity index is 2.22. The van der Waals surface area contributed by atoms with E-state index in [4.69, 9.17) is 17.3 Å². The lowest BCUT2D eigenvalue weighted by molar-refractivity contribution is 0.0835. The van der Waals surface area contributed by atoms with E-state index >= 15 is 8.78 Å². The Labute approximate surface area is 245 Å². The molecule has 1 saturated heterocycles. The van der Waals surface area contributed by atoms with Crippen molar-refractivity contribution in [1.29, 1.82) is 5.26 Å². The normalized spacial score (nSPS) is 21.8. The number of likely N-dealkylation sites (tertiary alicyclic amines) is 1. The third kappa shape index (κ3) is 7.24. The van der Waals surface area contributed by atoms with Gasteiger partial charge in [0, 0.05) is 36.3 Å². The lowest BCUT2D eigenvalue weighted by Gasteiger charge is -2.37. The molecule has 1 aliphatic rings. The topological polar surface area (TPSA) is 115 Å². The quantitative estimate of drug-likeness (QED) is 0.266. The van der Waals surface area contributed by atoms with Gasteiger partial charge >= 0.3 is 6.03 Å². The molecule has 2 amide bonds. The summed E-state index contributed by atoms with van der Waals surface area (Å²) < 4.78 is 31.5. The maximum atomic E-state index is 15.7. The molecular weight excluding hydrogens is 548 g/mol. The second kappa shape index (κ2) is 12.2. The fraction of sp³-hybridized carbons (Fsp3) is 0.452. The number of carbonyl (C=O) groups excluding carboxylic acids is 1. The van der Waals surface area contributed by atoms with E-state index in [9.17, 15) is 15.2 Å². The van der Waals surface area contributed by atoms with Crippen LogP contribution in [0.15, 0.2) is 53.7 Å². The summed E-state index contributed by atoms with van der Waals surface area (Å²) in [6, 6.07) is 9.22. The number of nitriles is 1. The zero-order valence-corrected chi connectivity index (χ0v) is 25.1. The Hall–Kier alpha value is -3.48. The Morgan fingerprint density at radius 2 is 1.98 bits per heavy atom. The molecule has 3 rings (SSSR count). The summed E-state index contributed by atoms with van der Waals surface area (Å²) in [5, 5.41) is 23.4. The van der Waals surface area contributed by atoms with Gasteiger partial charge in [-0.3, -0.25) is 0 Å². The van der Waals surface area contributed by atoms with Crippen molar-refractivity contribution < 1.29 is 18.7 Å². The molecule has 0 aromatic heterocycles. The predicted octanol–water partition coefficient (Wildman–Crippen LogP) is 6.15. The highest BCUT2D eigenvalue weighted by Crippen LogP contribution is 2.56. The molecule has 3 atom stereocenters. The first-order valence-corrected chi connectivity index (χ1v) is 13.8. The zero-order chi connectivity index (χ0) is 30.8. The third-order valence-electron chi connectivity index (χ3n) is 7.07. The van der Waals surface area contributed by atoms with Crippen LogP contribution in [-0.2, 0) is 5.41 Å². The van der Waals surface area contributed by atoms with Gasteiger partial charge in [0.1, 0.15) is 22.9 Å². The molecule has 2 aromatic rings. The van der Waals surface area contributed by atoms with Gasteiger partial charge in [0.25, 0.3) is 0 Å². The van der Waals surface area contributed by atoms with Crippen LogP contribution in [0.1, 0.15) is 63.8 Å². The fourth-order valence-electron chi connectivity index (χ4n) is 5.45. The van der Waals surface area contributed by atoms with Crippen molar-refractivity contribution in [3.63, 3.8) is 0 Å². The molecule has 1 unspecified atom stereocenters. The zero-order valence-electron chi connectivity index (χ0n) is 24.3. The van der Waals surface area contributed by atoms with Gasteiger partial charge < -0.3 is 21.1 Å². The molecular formula is C31H38ClF2N5O2. The molecule has 0 radical (unpaired) electrons. The molecule has 7 nitrogen and oxygen atoms in total. The van der Waals surface area contributed by atoms with Gasteiger partial charge in [-0.05, 0) is 56.4 Å². The second-order valence-electron chi connectivity index (χ2n) is 12.5. The lowest BCUT2D eigenvalue weighted by atomic mass is 9.63. The molecule has 41 heavy (non-hydrogen) atoms. The molecule has 1 heterocycles. The van der Waals surface area contributed by atoms with E-state index in [1.807, 2.05) is 20.8 Å². The van der Waals surface area contributed by atoms with Gasteiger partial charge in [-0.25, -0.2) is 13.6 Å². The van der Waals surface area contributed by atoms with Crippen LogP contribution in [0.2, 0.25) is 5.02 Å². The lowest BCUT2D eigenvalue weighted by Crippen LogP contribution is -2.41. The Kier molecular flexibility index (Phi) is 9.51. The molecule has 10 heteroatoms. The number of hydrogen-bond acceptors (Lipinski definition) is 4. The highest BCUT2D eigenvalue weighted by molar-refractivity contribution is 6.30. The maximum absolute atomic E-state index is 15.7. The van der Waals surface area contributed by atoms with Crippen molar-refractivity contribution in [2.45, 2.75) is 65.0 Å². The summed E-state index contributed by atoms with van der Waals surface area (Å²) in [5.41, 5.74) is 3.78. The van der Waals surface area contributed by atoms with Gasteiger partial charge in [0.05, 0.1) is 22.7 Å². The number of hydrogen-bond donors (Lipinski definition) is 3. The van der Waals surface area contributed by atoms with E-state index in [1.165, 1.54) is 41.4 Å². The number of nitrogens with zero attached hydrogens (tertiary/aromatic N) is 3. The number of nitrogens with one attached hydrogen (secondary N) is 1. The van der Waals surface area contributed by atoms with Crippen molar-refractivity contribution in [2.24, 2.45) is 22.1 Å². The number of rotatable bonds is 7. The van der Waals surface area contributed by atoms with Crippen molar-refractivity contribution in [1.82, 2.24) is 10.2 Å². The number of aliphatic hydroxyl groups is 1. The molecule has 1 aliphatic heterocycles. The molecule has 0 spiro atoms. The van der Waals surface area contributed by atoms with Crippen molar-refractivity contribution in [3.8, 4) is 6.07 Å². The number of aryl methyl sites for hydroxylation is 1. The summed E-state index contributed by atoms with van der Waals surface area (Å²) >= 11 is 6.17. The van der Waals surface area contributed by atoms with Crippen LogP contribution in [0.4, 0.5) is 13.6 Å². The smallest absolute Gasteiger partial charge is 0.346 e. The third-order valence-corrected chi connectivity index (χ3v) is 7.36. The first kappa shape index (κ1) is 32.0. The number of halogens is 3. The number of benzene rings is 2. The number of urea groups is 1. The monoisotopic (exact) mass is 585 g/mol. The average Bonchev–Trinajstić information content (AvgIpc) is 3.16. The van der Waals surface area contributed by atoms with Gasteiger partial charge in [0.2, 0.25) is 0 Å². The number of carbonyl (C=O) groups is 1. The van der Waals surface area contributed by atoms with E-state index < -0.39 is 40.6 Å². The molecule has 4 N–H and O–H groups in total. The Bertz CT molecular complexity index is 1390. The second-order valence-corrected chi connectivity index (χ2v) is 12.9. The molecule has 1 fully saturated rings. The van der Waals surface area contributed by atoms with Crippen LogP contribution in [0, 0.1) is 41.2 Å². The minimum absolute atomic E-state index is 0.00501. The number of amidine groups is 1. The van der Waals surface area contributed by atoms with Gasteiger partial charge in [-0.15, -0.1) is 0 Å². The summed E-state index contributed by atoms with van der Waals surface area (Å²) in [6.45, 7) is 11.2. The van der Waals surface area contributed by atoms with Crippen LogP contribution < -0.4 is 11.1 Å². The van der Waals surface area contributed by atoms with E-state index in [1.54, 1.807) is 32.9 Å². The van der Waals surface area contributed by atoms with Crippen molar-refractivity contribution in [3.05, 3.63) is 82.0 Å². The minimum atomic E-state index is -1.67. The van der Waals surface area contributed by atoms with Crippen LogP contribution in [-0.4, -0.2) is 40.6 Å². The van der Waals surface area contributed by atoms with Crippen LogP contribution in [0.25, 0.3) is 0 Å². The highest BCUT2D eigenvalue weighted by Gasteiger charge is 2.60. The highest BCUT2D eigenvalue weighted by atomic mass is 35.5. The average molecular weight is 586 g/mol. The van der Waals surface area contributed by atoms with Crippen molar-refractivity contribution >= 4 is 23.5 Å². The molecule has 2 aromatic carbocycles. The summed E-state index contributed by atoms with van der Waals surface area (Å²) in [5.74, 6) is -2.14. The van der Waals surface area contributed by atoms with Crippen LogP contribution in [0.3, 0.4) is 0 Å². The number of aliphatic imine (C=N–C) groups is 1. The van der Waals surface area contributed by atoms with Gasteiger partial charge in [-0.1, -0.05) is 56.6 Å². The van der Waals surface area contributed by atoms with E-state index in [-0.39, 0.29) is 40.5 Å². The molecule has 0 bridgehead atoms. The molecule has 0 saturated carbocycles. The first-order valence-electron chi connectivity index (χ1n) is 13.4. The van der Waals surface area contributed by atoms with Crippen molar-refractivity contribution in [2.75, 3.05) is 13.1 Å². The molecule has 220 valence electrons. The fourth-order valence-corrected chi connectivity index (χ4v) is 5.64. The number of amides is 2. The predicted molar refractivity (Wildman–Crippen MR) is 157 cm³/mol. The largest absolute Gasteiger partial charge is 0.389 e. The Morgan fingerprint density at radius 1 is 1.29 bits per heavy atom. The van der Waals surface area contributed by atoms with Gasteiger partial charge in [-0.2, -0.15) is 10.3 Å². The SMILES string of the molecule is Cc1ccc(C2(C#N)[C@H](CC(C)(C)C)CN(C(=O)/N=C(N)/C=C\NCC(C)(C)O)[C@@H]2c2cccc(Cl)c2F)c(F)c1. The molecule has 0 aliphatic carbocycles. The minimum Gasteiger partial charge on any atom is -0.389 e. The van der Waals surface area contributed by atoms with E-state index in [0.29, 0.717) is 12.0 Å². The van der Waals surface area contributed by atoms with Crippen LogP contribution >= 0.6 is 11.6 Å². The summed E-state index contributed by atoms with van der Waals surface area (Å²) in [7, 11) is 0. The Morgan fingerprint density at radius 3 is 2.56 bits per heavy atom. The van der Waals surface area contributed by atoms with E-state index in [2.05, 4.69) is 16.4 Å². The summed E-state index contributed by atoms with van der Waals surface area (Å²) in [6.07, 6.45) is 3.24. The first-order chi connectivity index (χ1) is 19.0. The van der Waals surface area contributed by atoms with E-state index in [0.717, 1.165) is 0 Å². The maximum Gasteiger partial charge on any atom is 0.346 e. The standard InChI is InChI=1S/C31H38ClF2N5O2/c1-19-10-11-22(24(33)14-19)31(17-35)20(15-29(2,3)4)16-39(27(31)21-8-7-9-23(32)26(21)34)28(40)38-25(36)12-13-37-18-30(5,6)41/h7-14,20,27,37,41H,15-16,18H2,1-6H3,(H2,36,38,40)/b13-12-/t20-,27-,31?/m1/s1.